The molecule has 21 heavy (non-hydrogen) atoms. The van der Waals surface area contributed by atoms with Crippen molar-refractivity contribution in [2.75, 3.05) is 0 Å². The summed E-state index contributed by atoms with van der Waals surface area (Å²) in [6.45, 7) is 10.1. The average Bonchev–Trinajstić information content (AvgIpc) is 2.45. The molecule has 112 valence electrons. The zero-order valence-electron chi connectivity index (χ0n) is 13.4. The number of benzene rings is 2. The van der Waals surface area contributed by atoms with E-state index in [0.29, 0.717) is 6.61 Å². The molecule has 0 aliphatic rings. The Hall–Kier alpha value is -1.80. The van der Waals surface area contributed by atoms with E-state index < -0.39 is 0 Å². The van der Waals surface area contributed by atoms with Gasteiger partial charge in [0, 0.05) is 12.1 Å². The first-order valence-electron chi connectivity index (χ1n) is 7.45. The molecule has 0 aromatic heterocycles. The van der Waals surface area contributed by atoms with Crippen LogP contribution in [-0.4, -0.2) is 5.54 Å². The molecule has 0 atom stereocenters. The summed E-state index contributed by atoms with van der Waals surface area (Å²) in [5.74, 6) is 0.915. The lowest BCUT2D eigenvalue weighted by atomic mass is 10.1. The number of hydrogen-bond donors (Lipinski definition) is 1. The van der Waals surface area contributed by atoms with E-state index in [-0.39, 0.29) is 5.54 Å². The Bertz CT molecular complexity index is 567. The highest BCUT2D eigenvalue weighted by molar-refractivity contribution is 5.29. The van der Waals surface area contributed by atoms with Crippen LogP contribution in [0, 0.1) is 6.92 Å². The van der Waals surface area contributed by atoms with Crippen LogP contribution in [0.15, 0.2) is 48.5 Å². The molecular weight excluding hydrogens is 258 g/mol. The van der Waals surface area contributed by atoms with Crippen molar-refractivity contribution in [3.8, 4) is 5.75 Å². The Morgan fingerprint density at radius 3 is 2.24 bits per heavy atom. The fourth-order valence-electron chi connectivity index (χ4n) is 2.00. The van der Waals surface area contributed by atoms with Crippen molar-refractivity contribution < 1.29 is 4.74 Å². The molecule has 2 rings (SSSR count). The summed E-state index contributed by atoms with van der Waals surface area (Å²) in [6.07, 6.45) is 0. The summed E-state index contributed by atoms with van der Waals surface area (Å²) in [5.41, 5.74) is 3.91. The molecule has 0 spiro atoms. The molecule has 0 bridgehead atoms. The zero-order valence-corrected chi connectivity index (χ0v) is 13.4. The van der Waals surface area contributed by atoms with Crippen LogP contribution in [0.3, 0.4) is 0 Å². The van der Waals surface area contributed by atoms with Gasteiger partial charge in [0.15, 0.2) is 0 Å². The summed E-state index contributed by atoms with van der Waals surface area (Å²) >= 11 is 0. The maximum Gasteiger partial charge on any atom is 0.119 e. The number of rotatable bonds is 5. The van der Waals surface area contributed by atoms with Gasteiger partial charge in [0.05, 0.1) is 0 Å². The second-order valence-electron chi connectivity index (χ2n) is 6.46. The topological polar surface area (TPSA) is 21.3 Å². The van der Waals surface area contributed by atoms with Gasteiger partial charge in [0.1, 0.15) is 12.4 Å². The van der Waals surface area contributed by atoms with Crippen LogP contribution in [0.25, 0.3) is 0 Å². The van der Waals surface area contributed by atoms with Crippen molar-refractivity contribution in [3.05, 3.63) is 65.2 Å². The van der Waals surface area contributed by atoms with E-state index >= 15 is 0 Å². The van der Waals surface area contributed by atoms with Crippen LogP contribution < -0.4 is 10.1 Å². The summed E-state index contributed by atoms with van der Waals surface area (Å²) in [4.78, 5) is 0. The van der Waals surface area contributed by atoms with Crippen LogP contribution in [-0.2, 0) is 13.2 Å². The fraction of sp³-hybridized carbons (Fsp3) is 0.368. The summed E-state index contributed by atoms with van der Waals surface area (Å²) in [7, 11) is 0. The quantitative estimate of drug-likeness (QED) is 0.874. The first-order chi connectivity index (χ1) is 9.94. The molecule has 2 aromatic rings. The number of nitrogens with one attached hydrogen (secondary N) is 1. The second kappa shape index (κ2) is 6.77. The van der Waals surface area contributed by atoms with Gasteiger partial charge in [-0.25, -0.2) is 0 Å². The molecule has 0 aliphatic heterocycles. The Labute approximate surface area is 128 Å². The first kappa shape index (κ1) is 15.6. The van der Waals surface area contributed by atoms with Crippen molar-refractivity contribution in [3.63, 3.8) is 0 Å². The van der Waals surface area contributed by atoms with E-state index in [0.717, 1.165) is 12.3 Å². The van der Waals surface area contributed by atoms with Gasteiger partial charge in [-0.2, -0.15) is 0 Å². The minimum atomic E-state index is 0.139. The molecule has 2 aromatic carbocycles. The lowest BCUT2D eigenvalue weighted by Crippen LogP contribution is -2.34. The molecule has 0 unspecified atom stereocenters. The number of ether oxygens (including phenoxy) is 1. The minimum absolute atomic E-state index is 0.139. The van der Waals surface area contributed by atoms with Crippen molar-refractivity contribution in [2.45, 2.75) is 46.4 Å². The van der Waals surface area contributed by atoms with Crippen molar-refractivity contribution >= 4 is 0 Å². The normalized spacial score (nSPS) is 11.4. The molecule has 0 saturated heterocycles. The Balaban J connectivity index is 1.89. The zero-order chi connectivity index (χ0) is 15.3. The lowest BCUT2D eigenvalue weighted by Gasteiger charge is -2.20. The van der Waals surface area contributed by atoms with Gasteiger partial charge in [0.2, 0.25) is 0 Å². The van der Waals surface area contributed by atoms with Crippen LogP contribution >= 0.6 is 0 Å². The molecule has 0 radical (unpaired) electrons. The van der Waals surface area contributed by atoms with Crippen molar-refractivity contribution in [1.29, 1.82) is 0 Å². The number of hydrogen-bond acceptors (Lipinski definition) is 2. The SMILES string of the molecule is Cc1ccccc1COc1ccc(CNC(C)(C)C)cc1. The van der Waals surface area contributed by atoms with Gasteiger partial charge in [0.25, 0.3) is 0 Å². The van der Waals surface area contributed by atoms with E-state index in [1.54, 1.807) is 0 Å². The molecular formula is C19H25NO. The van der Waals surface area contributed by atoms with Gasteiger partial charge < -0.3 is 10.1 Å². The summed E-state index contributed by atoms with van der Waals surface area (Å²) < 4.78 is 5.85. The first-order valence-corrected chi connectivity index (χ1v) is 7.45. The largest absolute Gasteiger partial charge is 0.489 e. The van der Waals surface area contributed by atoms with Crippen molar-refractivity contribution in [2.24, 2.45) is 0 Å². The Morgan fingerprint density at radius 1 is 0.952 bits per heavy atom. The predicted octanol–water partition coefficient (Wildman–Crippen LogP) is 4.46. The molecule has 0 aliphatic carbocycles. The third-order valence-electron chi connectivity index (χ3n) is 3.40. The minimum Gasteiger partial charge on any atom is -0.489 e. The van der Waals surface area contributed by atoms with E-state index in [1.165, 1.54) is 16.7 Å². The smallest absolute Gasteiger partial charge is 0.119 e. The Kier molecular flexibility index (Phi) is 5.03. The maximum absolute atomic E-state index is 5.85. The molecule has 2 heteroatoms. The molecule has 1 N–H and O–H groups in total. The lowest BCUT2D eigenvalue weighted by molar-refractivity contribution is 0.305. The van der Waals surface area contributed by atoms with Crippen LogP contribution in [0.5, 0.6) is 5.75 Å². The standard InChI is InChI=1S/C19H25NO/c1-15-7-5-6-8-17(15)14-21-18-11-9-16(10-12-18)13-20-19(2,3)4/h5-12,20H,13-14H2,1-4H3. The third kappa shape index (κ3) is 5.24. The van der Waals surface area contributed by atoms with E-state index in [4.69, 9.17) is 4.74 Å². The van der Waals surface area contributed by atoms with E-state index in [9.17, 15) is 0 Å². The highest BCUT2D eigenvalue weighted by atomic mass is 16.5. The number of aryl methyl sites for hydroxylation is 1. The van der Waals surface area contributed by atoms with Gasteiger partial charge in [-0.15, -0.1) is 0 Å². The maximum atomic E-state index is 5.85. The van der Waals surface area contributed by atoms with Crippen LogP contribution in [0.2, 0.25) is 0 Å². The average molecular weight is 283 g/mol. The van der Waals surface area contributed by atoms with Gasteiger partial charge >= 0.3 is 0 Å². The summed E-state index contributed by atoms with van der Waals surface area (Å²) in [5, 5.41) is 3.48. The van der Waals surface area contributed by atoms with Gasteiger partial charge in [-0.05, 0) is 56.5 Å². The molecule has 0 amide bonds. The second-order valence-corrected chi connectivity index (χ2v) is 6.46. The van der Waals surface area contributed by atoms with Gasteiger partial charge in [-0.1, -0.05) is 36.4 Å². The highest BCUT2D eigenvalue weighted by Gasteiger charge is 2.08. The highest BCUT2D eigenvalue weighted by Crippen LogP contribution is 2.16. The van der Waals surface area contributed by atoms with Crippen molar-refractivity contribution in [1.82, 2.24) is 5.32 Å². The Morgan fingerprint density at radius 2 is 1.62 bits per heavy atom. The predicted molar refractivity (Wildman–Crippen MR) is 88.5 cm³/mol. The van der Waals surface area contributed by atoms with Crippen LogP contribution in [0.1, 0.15) is 37.5 Å². The van der Waals surface area contributed by atoms with E-state index in [1.807, 2.05) is 18.2 Å². The fourth-order valence-corrected chi connectivity index (χ4v) is 2.00. The molecule has 0 saturated carbocycles. The monoisotopic (exact) mass is 283 g/mol. The molecule has 2 nitrogen and oxygen atoms in total. The van der Waals surface area contributed by atoms with Gasteiger partial charge in [-0.3, -0.25) is 0 Å². The van der Waals surface area contributed by atoms with Crippen LogP contribution in [0.4, 0.5) is 0 Å². The molecule has 0 heterocycles. The van der Waals surface area contributed by atoms with E-state index in [2.05, 4.69) is 63.3 Å². The molecule has 0 fully saturated rings. The summed E-state index contributed by atoms with van der Waals surface area (Å²) in [6, 6.07) is 16.6. The third-order valence-corrected chi connectivity index (χ3v) is 3.40.